The zero-order valence-electron chi connectivity index (χ0n) is 43.2. The molecule has 4 nitrogen and oxygen atoms in total. The van der Waals surface area contributed by atoms with E-state index >= 15 is 0 Å². The Labute approximate surface area is 452 Å². The van der Waals surface area contributed by atoms with Gasteiger partial charge in [0.1, 0.15) is 0 Å². The molecule has 0 amide bonds. The molecule has 366 valence electrons. The highest BCUT2D eigenvalue weighted by Crippen LogP contribution is 2.54. The third-order valence-corrected chi connectivity index (χ3v) is 17.4. The van der Waals surface area contributed by atoms with Gasteiger partial charge in [-0.05, 0) is 151 Å². The van der Waals surface area contributed by atoms with Crippen molar-refractivity contribution >= 4 is 81.5 Å². The number of fused-ring (bicyclic) bond motifs is 10. The highest BCUT2D eigenvalue weighted by atomic mass is 15.1. The van der Waals surface area contributed by atoms with E-state index in [1.165, 1.54) is 60.0 Å². The molecule has 78 heavy (non-hydrogen) atoms. The second-order valence-electron chi connectivity index (χ2n) is 21.8. The van der Waals surface area contributed by atoms with Crippen LogP contribution in [0.2, 0.25) is 0 Å². The third kappa shape index (κ3) is 6.77. The van der Waals surface area contributed by atoms with E-state index in [4.69, 9.17) is 0 Å². The Bertz CT molecular complexity index is 4870. The SMILES string of the molecule is CC12C=CC=CC1C=CC=C2c1c2cc(-c3ccc4c5ccc(C#N)cc5n(-c5ccccc5)c4c3)ccc2c(-c2cccc3ccccc23)c2cc(-c3ccc4c5ccc(C#N)cc5n(C5(C)C=CC=CC5)c4c3)ccc12. The van der Waals surface area contributed by atoms with Crippen LogP contribution in [0, 0.1) is 34.0 Å². The molecule has 0 bridgehead atoms. The summed E-state index contributed by atoms with van der Waals surface area (Å²) in [4.78, 5) is 0. The first kappa shape index (κ1) is 45.4. The normalized spacial score (nSPS) is 18.6. The molecule has 4 heteroatoms. The smallest absolute Gasteiger partial charge is 0.0992 e. The third-order valence-electron chi connectivity index (χ3n) is 17.4. The van der Waals surface area contributed by atoms with Crippen molar-refractivity contribution in [2.75, 3.05) is 0 Å². The fourth-order valence-electron chi connectivity index (χ4n) is 13.5. The van der Waals surface area contributed by atoms with Crippen LogP contribution in [0.25, 0.3) is 121 Å². The van der Waals surface area contributed by atoms with Gasteiger partial charge in [-0.1, -0.05) is 195 Å². The fourth-order valence-corrected chi connectivity index (χ4v) is 13.5. The van der Waals surface area contributed by atoms with Crippen LogP contribution in [0.5, 0.6) is 0 Å². The van der Waals surface area contributed by atoms with Gasteiger partial charge in [0.05, 0.1) is 50.9 Å². The van der Waals surface area contributed by atoms with Gasteiger partial charge >= 0.3 is 0 Å². The van der Waals surface area contributed by atoms with Gasteiger partial charge in [0, 0.05) is 38.6 Å². The summed E-state index contributed by atoms with van der Waals surface area (Å²) in [6, 6.07) is 71.1. The highest BCUT2D eigenvalue weighted by Gasteiger charge is 2.38. The first-order valence-electron chi connectivity index (χ1n) is 26.9. The summed E-state index contributed by atoms with van der Waals surface area (Å²) in [5.41, 5.74) is 15.5. The minimum absolute atomic E-state index is 0.191. The zero-order valence-corrected chi connectivity index (χ0v) is 43.2. The molecular weight excluding hydrogens is 945 g/mol. The van der Waals surface area contributed by atoms with Crippen molar-refractivity contribution in [3.8, 4) is 51.2 Å². The predicted octanol–water partition coefficient (Wildman–Crippen LogP) is 19.0. The van der Waals surface area contributed by atoms with E-state index in [1.807, 2.05) is 24.3 Å². The van der Waals surface area contributed by atoms with E-state index in [0.717, 1.165) is 72.6 Å². The standard InChI is InChI=1S/C74H50N4/c1-73(36-10-4-11-37-73)78-69-40-48(46-76)25-31-59(69)60-33-27-53(44-70(60)78)50-29-35-63-64(41-50)71(61-22-13-16-49-15-7-8-21-56(49)61)62-34-28-51(42-65(62)72(63)66-23-14-18-54-17-9-12-38-74(54,66)2)52-26-32-58-57-30-24-47(45-75)39-67(57)77(68(58)43-52)55-19-5-3-6-20-55/h3-36,38-44,54H,37H2,1-2H3. The Morgan fingerprint density at radius 1 is 0.449 bits per heavy atom. The topological polar surface area (TPSA) is 57.4 Å². The average Bonchev–Trinajstić information content (AvgIpc) is 4.04. The van der Waals surface area contributed by atoms with Crippen LogP contribution in [0.15, 0.2) is 249 Å². The molecule has 3 aliphatic rings. The molecule has 0 spiro atoms. The predicted molar refractivity (Wildman–Crippen MR) is 326 cm³/mol. The molecule has 12 aromatic rings. The molecule has 0 aliphatic heterocycles. The lowest BCUT2D eigenvalue weighted by Crippen LogP contribution is -2.27. The van der Waals surface area contributed by atoms with E-state index < -0.39 is 0 Å². The molecule has 10 aromatic carbocycles. The molecule has 0 saturated heterocycles. The summed E-state index contributed by atoms with van der Waals surface area (Å²) in [6.07, 6.45) is 25.8. The minimum atomic E-state index is -0.327. The molecule has 0 radical (unpaired) electrons. The number of benzene rings is 10. The number of nitriles is 2. The van der Waals surface area contributed by atoms with Gasteiger partial charge in [-0.3, -0.25) is 0 Å². The van der Waals surface area contributed by atoms with Gasteiger partial charge < -0.3 is 9.13 Å². The number of aromatic nitrogens is 2. The second kappa shape index (κ2) is 17.3. The van der Waals surface area contributed by atoms with Crippen molar-refractivity contribution in [3.05, 3.63) is 266 Å². The van der Waals surface area contributed by atoms with E-state index in [0.29, 0.717) is 11.1 Å². The zero-order chi connectivity index (χ0) is 52.3. The quantitative estimate of drug-likeness (QED) is 0.156. The van der Waals surface area contributed by atoms with E-state index in [-0.39, 0.29) is 16.9 Å². The second-order valence-corrected chi connectivity index (χ2v) is 21.8. The number of nitrogens with zero attached hydrogens (tertiary/aromatic N) is 4. The van der Waals surface area contributed by atoms with Gasteiger partial charge in [-0.15, -0.1) is 0 Å². The van der Waals surface area contributed by atoms with Crippen molar-refractivity contribution in [3.63, 3.8) is 0 Å². The molecule has 3 unspecified atom stereocenters. The Morgan fingerprint density at radius 2 is 1.00 bits per heavy atom. The Hall–Kier alpha value is -10.0. The number of hydrogen-bond acceptors (Lipinski definition) is 2. The van der Waals surface area contributed by atoms with Gasteiger partial charge in [-0.25, -0.2) is 0 Å². The molecule has 0 saturated carbocycles. The van der Waals surface area contributed by atoms with Crippen LogP contribution in [-0.2, 0) is 5.54 Å². The summed E-state index contributed by atoms with van der Waals surface area (Å²) < 4.78 is 4.77. The van der Waals surface area contributed by atoms with Gasteiger partial charge in [-0.2, -0.15) is 10.5 Å². The van der Waals surface area contributed by atoms with Crippen molar-refractivity contribution in [1.82, 2.24) is 9.13 Å². The fraction of sp³-hybridized carbons (Fsp3) is 0.0811. The van der Waals surface area contributed by atoms with Crippen LogP contribution in [0.1, 0.15) is 37.0 Å². The van der Waals surface area contributed by atoms with Crippen molar-refractivity contribution in [2.45, 2.75) is 25.8 Å². The summed E-state index contributed by atoms with van der Waals surface area (Å²) in [5, 5.41) is 31.9. The van der Waals surface area contributed by atoms with Crippen LogP contribution >= 0.6 is 0 Å². The van der Waals surface area contributed by atoms with Crippen LogP contribution in [0.4, 0.5) is 0 Å². The first-order chi connectivity index (χ1) is 38.3. The van der Waals surface area contributed by atoms with Gasteiger partial charge in [0.15, 0.2) is 0 Å². The lowest BCUT2D eigenvalue weighted by Gasteiger charge is -2.39. The molecule has 3 atom stereocenters. The maximum atomic E-state index is 10.1. The molecule has 3 aliphatic carbocycles. The van der Waals surface area contributed by atoms with Crippen molar-refractivity contribution < 1.29 is 0 Å². The first-order valence-corrected chi connectivity index (χ1v) is 26.9. The summed E-state index contributed by atoms with van der Waals surface area (Å²) in [7, 11) is 0. The maximum Gasteiger partial charge on any atom is 0.0992 e. The van der Waals surface area contributed by atoms with Crippen molar-refractivity contribution in [1.29, 1.82) is 10.5 Å². The van der Waals surface area contributed by atoms with E-state index in [9.17, 15) is 10.5 Å². The van der Waals surface area contributed by atoms with Crippen molar-refractivity contribution in [2.24, 2.45) is 11.3 Å². The number of allylic oxidation sites excluding steroid dienone is 12. The monoisotopic (exact) mass is 994 g/mol. The lowest BCUT2D eigenvalue weighted by molar-refractivity contribution is 0.437. The average molecular weight is 995 g/mol. The molecule has 0 fully saturated rings. The van der Waals surface area contributed by atoms with Crippen LogP contribution in [0.3, 0.4) is 0 Å². The lowest BCUT2D eigenvalue weighted by atomic mass is 9.64. The maximum absolute atomic E-state index is 10.1. The molecule has 2 aromatic heterocycles. The molecule has 2 heterocycles. The van der Waals surface area contributed by atoms with Gasteiger partial charge in [0.25, 0.3) is 0 Å². The number of para-hydroxylation sites is 1. The summed E-state index contributed by atoms with van der Waals surface area (Å²) in [5.74, 6) is 0.191. The largest absolute Gasteiger partial charge is 0.331 e. The Morgan fingerprint density at radius 3 is 1.71 bits per heavy atom. The minimum Gasteiger partial charge on any atom is -0.331 e. The Kier molecular flexibility index (Phi) is 10.1. The van der Waals surface area contributed by atoms with Crippen LogP contribution < -0.4 is 0 Å². The van der Waals surface area contributed by atoms with Gasteiger partial charge in [0.2, 0.25) is 0 Å². The number of rotatable bonds is 6. The van der Waals surface area contributed by atoms with E-state index in [1.54, 1.807) is 0 Å². The van der Waals surface area contributed by atoms with Crippen LogP contribution in [-0.4, -0.2) is 9.13 Å². The Balaban J connectivity index is 1.02. The molecule has 0 N–H and O–H groups in total. The molecular formula is C74H50N4. The summed E-state index contributed by atoms with van der Waals surface area (Å²) in [6.45, 7) is 4.70. The summed E-state index contributed by atoms with van der Waals surface area (Å²) >= 11 is 0. The number of hydrogen-bond donors (Lipinski definition) is 0. The highest BCUT2D eigenvalue weighted by molar-refractivity contribution is 6.23. The molecule has 15 rings (SSSR count). The van der Waals surface area contributed by atoms with E-state index in [2.05, 4.69) is 260 Å².